The molecular weight excluding hydrogens is 651 g/mol. The molecule has 0 unspecified atom stereocenters. The maximum absolute atomic E-state index is 2.50. The average molecular weight is 698 g/mol. The van der Waals surface area contributed by atoms with Crippen molar-refractivity contribution in [2.45, 2.75) is 63.2 Å². The molecule has 5 aliphatic carbocycles. The summed E-state index contributed by atoms with van der Waals surface area (Å²) in [6.07, 6.45) is 8.74. The summed E-state index contributed by atoms with van der Waals surface area (Å²) in [5.41, 5.74) is 16.0. The summed E-state index contributed by atoms with van der Waals surface area (Å²) in [7, 11) is 0. The van der Waals surface area contributed by atoms with Gasteiger partial charge in [0, 0.05) is 22.2 Å². The van der Waals surface area contributed by atoms with E-state index in [2.05, 4.69) is 176 Å². The molecular formula is C53H47N. The van der Waals surface area contributed by atoms with Crippen molar-refractivity contribution < 1.29 is 0 Å². The van der Waals surface area contributed by atoms with Crippen molar-refractivity contribution in [3.05, 3.63) is 174 Å². The molecule has 54 heavy (non-hydrogen) atoms. The summed E-state index contributed by atoms with van der Waals surface area (Å²) in [5, 5.41) is 2.49. The van der Waals surface area contributed by atoms with Gasteiger partial charge in [0.25, 0.3) is 0 Å². The summed E-state index contributed by atoms with van der Waals surface area (Å²) in [6.45, 7) is 4.83. The molecule has 0 spiro atoms. The van der Waals surface area contributed by atoms with Gasteiger partial charge in [0.05, 0.1) is 5.69 Å². The Morgan fingerprint density at radius 1 is 0.463 bits per heavy atom. The first-order valence-corrected chi connectivity index (χ1v) is 20.3. The molecule has 12 rings (SSSR count). The number of anilines is 3. The van der Waals surface area contributed by atoms with Crippen LogP contribution in [0, 0.1) is 17.8 Å². The number of fused-ring (bicyclic) bond motifs is 4. The first-order chi connectivity index (χ1) is 26.4. The summed E-state index contributed by atoms with van der Waals surface area (Å²) >= 11 is 0. The Balaban J connectivity index is 0.957. The minimum absolute atomic E-state index is 0.141. The van der Waals surface area contributed by atoms with Crippen molar-refractivity contribution in [2.75, 3.05) is 4.90 Å². The van der Waals surface area contributed by atoms with E-state index in [0.717, 1.165) is 23.4 Å². The van der Waals surface area contributed by atoms with Gasteiger partial charge < -0.3 is 4.90 Å². The smallest absolute Gasteiger partial charge is 0.0540 e. The average Bonchev–Trinajstić information content (AvgIpc) is 3.43. The van der Waals surface area contributed by atoms with E-state index in [1.807, 2.05) is 0 Å². The third kappa shape index (κ3) is 5.04. The molecule has 4 fully saturated rings. The highest BCUT2D eigenvalue weighted by molar-refractivity contribution is 5.99. The molecule has 4 bridgehead atoms. The predicted molar refractivity (Wildman–Crippen MR) is 227 cm³/mol. The largest absolute Gasteiger partial charge is 0.310 e. The van der Waals surface area contributed by atoms with Gasteiger partial charge in [-0.1, -0.05) is 135 Å². The quantitative estimate of drug-likeness (QED) is 0.167. The van der Waals surface area contributed by atoms with Crippen LogP contribution in [0.1, 0.15) is 69.1 Å². The Morgan fingerprint density at radius 3 is 1.72 bits per heavy atom. The van der Waals surface area contributed by atoms with Crippen molar-refractivity contribution >= 4 is 27.8 Å². The Bertz CT molecular complexity index is 2500. The predicted octanol–water partition coefficient (Wildman–Crippen LogP) is 14.4. The van der Waals surface area contributed by atoms with E-state index in [4.69, 9.17) is 0 Å². The number of hydrogen-bond acceptors (Lipinski definition) is 1. The van der Waals surface area contributed by atoms with Crippen molar-refractivity contribution in [1.29, 1.82) is 0 Å². The summed E-state index contributed by atoms with van der Waals surface area (Å²) in [4.78, 5) is 2.45. The molecule has 0 aromatic heterocycles. The molecule has 0 heterocycles. The van der Waals surface area contributed by atoms with Crippen LogP contribution in [0.5, 0.6) is 0 Å². The molecule has 0 amide bonds. The number of nitrogens with zero attached hydrogens (tertiary/aromatic N) is 1. The van der Waals surface area contributed by atoms with Crippen LogP contribution in [0.2, 0.25) is 0 Å². The zero-order chi connectivity index (χ0) is 36.0. The van der Waals surface area contributed by atoms with Crippen molar-refractivity contribution in [2.24, 2.45) is 17.8 Å². The van der Waals surface area contributed by atoms with Gasteiger partial charge in [-0.2, -0.15) is 0 Å². The number of rotatable bonds is 6. The van der Waals surface area contributed by atoms with Gasteiger partial charge in [-0.3, -0.25) is 0 Å². The molecule has 1 nitrogen and oxygen atoms in total. The minimum atomic E-state index is -0.141. The second-order valence-corrected chi connectivity index (χ2v) is 17.6. The molecule has 7 aromatic rings. The number of hydrogen-bond donors (Lipinski definition) is 0. The van der Waals surface area contributed by atoms with Crippen molar-refractivity contribution in [3.8, 4) is 33.4 Å². The normalized spacial score (nSPS) is 23.0. The SMILES string of the molecule is CC1(C)c2cc(-c3ccc(C45CC6CC(CC(C6)C4)C5)cc3)ccc2-c2ccc(N(c3ccc(-c4ccccc4)cc3)c3cccc4ccccc34)cc21. The second kappa shape index (κ2) is 12.1. The van der Waals surface area contributed by atoms with Gasteiger partial charge in [-0.25, -0.2) is 0 Å². The van der Waals surface area contributed by atoms with Gasteiger partial charge in [0.1, 0.15) is 0 Å². The molecule has 0 aliphatic heterocycles. The van der Waals surface area contributed by atoms with E-state index >= 15 is 0 Å². The lowest BCUT2D eigenvalue weighted by Gasteiger charge is -2.57. The molecule has 0 saturated heterocycles. The van der Waals surface area contributed by atoms with Crippen LogP contribution in [0.3, 0.4) is 0 Å². The highest BCUT2D eigenvalue weighted by atomic mass is 15.1. The van der Waals surface area contributed by atoms with Crippen molar-refractivity contribution in [1.82, 2.24) is 0 Å². The zero-order valence-corrected chi connectivity index (χ0v) is 31.4. The summed E-state index contributed by atoms with van der Waals surface area (Å²) < 4.78 is 0. The van der Waals surface area contributed by atoms with E-state index in [-0.39, 0.29) is 5.41 Å². The summed E-state index contributed by atoms with van der Waals surface area (Å²) in [6, 6.07) is 59.4. The van der Waals surface area contributed by atoms with E-state index in [9.17, 15) is 0 Å². The molecule has 264 valence electrons. The van der Waals surface area contributed by atoms with Crippen LogP contribution in [-0.2, 0) is 10.8 Å². The first kappa shape index (κ1) is 32.1. The van der Waals surface area contributed by atoms with Crippen LogP contribution < -0.4 is 4.90 Å². The van der Waals surface area contributed by atoms with Crippen LogP contribution in [0.15, 0.2) is 158 Å². The Hall–Kier alpha value is -5.40. The highest BCUT2D eigenvalue weighted by Gasteiger charge is 2.51. The molecule has 0 atom stereocenters. The van der Waals surface area contributed by atoms with Gasteiger partial charge >= 0.3 is 0 Å². The lowest BCUT2D eigenvalue weighted by atomic mass is 9.48. The van der Waals surface area contributed by atoms with Crippen molar-refractivity contribution in [3.63, 3.8) is 0 Å². The molecule has 0 radical (unpaired) electrons. The van der Waals surface area contributed by atoms with Crippen LogP contribution in [-0.4, -0.2) is 0 Å². The van der Waals surface area contributed by atoms with Crippen LogP contribution in [0.25, 0.3) is 44.2 Å². The van der Waals surface area contributed by atoms with Gasteiger partial charge in [0.2, 0.25) is 0 Å². The second-order valence-electron chi connectivity index (χ2n) is 17.6. The standard InChI is InChI=1S/C53H47N/c1-52(2)49-30-42(40-15-20-43(21-16-40)53-32-35-27-36(33-53)29-37(28-35)34-53)19-25-47(49)48-26-24-45(31-50(48)52)54(51-14-8-12-41-11-6-7-13-46(41)51)44-22-17-39(18-23-44)38-9-4-3-5-10-38/h3-26,30-31,35-37H,27-29,32-34H2,1-2H3. The maximum atomic E-state index is 2.50. The third-order valence-corrected chi connectivity index (χ3v) is 14.0. The fourth-order valence-corrected chi connectivity index (χ4v) is 11.8. The van der Waals surface area contributed by atoms with E-state index in [1.165, 1.54) is 105 Å². The maximum Gasteiger partial charge on any atom is 0.0540 e. The topological polar surface area (TPSA) is 3.24 Å². The molecule has 0 N–H and O–H groups in total. The number of benzene rings is 7. The molecule has 7 aromatic carbocycles. The summed E-state index contributed by atoms with van der Waals surface area (Å²) in [5.74, 6) is 2.91. The van der Waals surface area contributed by atoms with Gasteiger partial charge in [0.15, 0.2) is 0 Å². The van der Waals surface area contributed by atoms with Gasteiger partial charge in [-0.05, 0) is 154 Å². The Kier molecular flexibility index (Phi) is 7.16. The molecule has 5 aliphatic rings. The zero-order valence-electron chi connectivity index (χ0n) is 31.4. The first-order valence-electron chi connectivity index (χ1n) is 20.3. The van der Waals surface area contributed by atoms with E-state index < -0.39 is 0 Å². The molecule has 4 saturated carbocycles. The van der Waals surface area contributed by atoms with Gasteiger partial charge in [-0.15, -0.1) is 0 Å². The van der Waals surface area contributed by atoms with E-state index in [1.54, 1.807) is 5.56 Å². The molecule has 1 heteroatoms. The Morgan fingerprint density at radius 2 is 1.00 bits per heavy atom. The van der Waals surface area contributed by atoms with Crippen LogP contribution >= 0.6 is 0 Å². The Labute approximate surface area is 320 Å². The monoisotopic (exact) mass is 697 g/mol. The fraction of sp³-hybridized carbons (Fsp3) is 0.245. The third-order valence-electron chi connectivity index (χ3n) is 14.0. The lowest BCUT2D eigenvalue weighted by Crippen LogP contribution is -2.48. The lowest BCUT2D eigenvalue weighted by molar-refractivity contribution is -0.00518. The van der Waals surface area contributed by atoms with E-state index in [0.29, 0.717) is 5.41 Å². The minimum Gasteiger partial charge on any atom is -0.310 e. The fourth-order valence-electron chi connectivity index (χ4n) is 11.8. The van der Waals surface area contributed by atoms with Crippen LogP contribution in [0.4, 0.5) is 17.1 Å². The highest BCUT2D eigenvalue weighted by Crippen LogP contribution is 2.61.